The van der Waals surface area contributed by atoms with Crippen LogP contribution in [0.15, 0.2) is 47.6 Å². The molecule has 0 atom stereocenters. The van der Waals surface area contributed by atoms with Gasteiger partial charge in [-0.1, -0.05) is 43.4 Å². The van der Waals surface area contributed by atoms with Crippen molar-refractivity contribution >= 4 is 0 Å². The highest BCUT2D eigenvalue weighted by atomic mass is 14.2. The lowest BCUT2D eigenvalue weighted by Gasteiger charge is -2.10. The molecule has 0 N–H and O–H groups in total. The highest BCUT2D eigenvalue weighted by Gasteiger charge is 2.12. The van der Waals surface area contributed by atoms with E-state index in [0.717, 1.165) is 12.8 Å². The Bertz CT molecular complexity index is 257. The quantitative estimate of drug-likeness (QED) is 0.577. The molecule has 0 fully saturated rings. The van der Waals surface area contributed by atoms with E-state index in [4.69, 9.17) is 0 Å². The normalized spacial score (nSPS) is 20.5. The summed E-state index contributed by atoms with van der Waals surface area (Å²) in [4.78, 5) is 0. The summed E-state index contributed by atoms with van der Waals surface area (Å²) in [5, 5.41) is 0. The lowest BCUT2D eigenvalue weighted by atomic mass is 9.94. The molecule has 0 aromatic carbocycles. The molecule has 0 aromatic rings. The van der Waals surface area contributed by atoms with Crippen LogP contribution in [0, 0.1) is 5.92 Å². The Morgan fingerprint density at radius 1 is 1.00 bits per heavy atom. The maximum absolute atomic E-state index is 2.32. The van der Waals surface area contributed by atoms with Crippen molar-refractivity contribution in [3.63, 3.8) is 0 Å². The van der Waals surface area contributed by atoms with E-state index >= 15 is 0 Å². The minimum absolute atomic E-state index is 0.600. The van der Waals surface area contributed by atoms with Crippen molar-refractivity contribution < 1.29 is 0 Å². The van der Waals surface area contributed by atoms with Gasteiger partial charge in [0, 0.05) is 5.92 Å². The molecule has 0 aliphatic heterocycles. The lowest BCUT2D eigenvalue weighted by molar-refractivity contribution is 0.850. The van der Waals surface area contributed by atoms with Crippen LogP contribution in [0.2, 0.25) is 0 Å². The molecule has 2 rings (SSSR count). The lowest BCUT2D eigenvalue weighted by Crippen LogP contribution is -1.97. The summed E-state index contributed by atoms with van der Waals surface area (Å²) in [5.41, 5.74) is 2.96. The second kappa shape index (κ2) is 3.14. The molecule has 0 spiro atoms. The van der Waals surface area contributed by atoms with Gasteiger partial charge in [-0.2, -0.15) is 0 Å². The molecule has 0 aromatic heterocycles. The summed E-state index contributed by atoms with van der Waals surface area (Å²) >= 11 is 0. The summed E-state index contributed by atoms with van der Waals surface area (Å²) in [7, 11) is 0. The average molecular weight is 158 g/mol. The molecule has 0 bridgehead atoms. The van der Waals surface area contributed by atoms with Gasteiger partial charge in [-0.15, -0.1) is 0 Å². The van der Waals surface area contributed by atoms with Crippen LogP contribution >= 0.6 is 0 Å². The van der Waals surface area contributed by atoms with Crippen LogP contribution < -0.4 is 0 Å². The van der Waals surface area contributed by atoms with Crippen molar-refractivity contribution in [2.45, 2.75) is 19.8 Å². The van der Waals surface area contributed by atoms with Crippen molar-refractivity contribution in [1.29, 1.82) is 0 Å². The van der Waals surface area contributed by atoms with Gasteiger partial charge < -0.3 is 0 Å². The zero-order valence-electron chi connectivity index (χ0n) is 7.46. The fourth-order valence-corrected chi connectivity index (χ4v) is 1.79. The Morgan fingerprint density at radius 3 is 1.83 bits per heavy atom. The van der Waals surface area contributed by atoms with E-state index in [9.17, 15) is 0 Å². The van der Waals surface area contributed by atoms with Crippen LogP contribution in [-0.2, 0) is 0 Å². The predicted octanol–water partition coefficient (Wildman–Crippen LogP) is 3.40. The first-order valence-corrected chi connectivity index (χ1v) is 4.61. The first-order chi connectivity index (χ1) is 5.88. The van der Waals surface area contributed by atoms with Gasteiger partial charge in [-0.25, -0.2) is 0 Å². The van der Waals surface area contributed by atoms with E-state index < -0.39 is 0 Å². The number of allylic oxidation sites excluding steroid dienone is 8. The van der Waals surface area contributed by atoms with Gasteiger partial charge in [0.15, 0.2) is 0 Å². The molecule has 2 aliphatic rings. The fraction of sp³-hybridized carbons (Fsp3) is 0.333. The molecule has 0 saturated heterocycles. The van der Waals surface area contributed by atoms with Crippen LogP contribution in [0.3, 0.4) is 0 Å². The summed E-state index contributed by atoms with van der Waals surface area (Å²) in [5.74, 6) is 0.600. The predicted molar refractivity (Wildman–Crippen MR) is 52.8 cm³/mol. The van der Waals surface area contributed by atoms with Gasteiger partial charge in [-0.3, -0.25) is 0 Å². The van der Waals surface area contributed by atoms with Crippen LogP contribution in [0.4, 0.5) is 0 Å². The number of rotatable bonds is 2. The standard InChI is InChI=1S/C12H14/c1-10(11-6-2-3-7-11)12-8-4-5-9-12/h2,4,6-10H,3,5H2,1H3. The maximum atomic E-state index is 2.32. The third-order valence-corrected chi connectivity index (χ3v) is 2.60. The molecule has 0 heterocycles. The van der Waals surface area contributed by atoms with Crippen molar-refractivity contribution in [3.05, 3.63) is 47.6 Å². The van der Waals surface area contributed by atoms with Crippen LogP contribution in [0.5, 0.6) is 0 Å². The van der Waals surface area contributed by atoms with Gasteiger partial charge in [-0.05, 0) is 24.0 Å². The van der Waals surface area contributed by atoms with Crippen molar-refractivity contribution in [2.75, 3.05) is 0 Å². The zero-order chi connectivity index (χ0) is 8.39. The third-order valence-electron chi connectivity index (χ3n) is 2.60. The molecule has 0 saturated carbocycles. The molecule has 0 heteroatoms. The van der Waals surface area contributed by atoms with E-state index in [2.05, 4.69) is 43.4 Å². The van der Waals surface area contributed by atoms with Gasteiger partial charge >= 0.3 is 0 Å². The van der Waals surface area contributed by atoms with Crippen molar-refractivity contribution in [1.82, 2.24) is 0 Å². The Morgan fingerprint density at radius 2 is 1.50 bits per heavy atom. The second-order valence-corrected chi connectivity index (χ2v) is 3.41. The van der Waals surface area contributed by atoms with Crippen LogP contribution in [0.1, 0.15) is 19.8 Å². The molecule has 12 heavy (non-hydrogen) atoms. The Labute approximate surface area is 74.0 Å². The van der Waals surface area contributed by atoms with E-state index in [1.54, 1.807) is 0 Å². The maximum Gasteiger partial charge on any atom is 0.00546 e. The SMILES string of the molecule is CC(C1=CCC=C1)C1=CCC=C1. The Hall–Kier alpha value is -1.04. The van der Waals surface area contributed by atoms with Crippen molar-refractivity contribution in [2.24, 2.45) is 5.92 Å². The molecular weight excluding hydrogens is 144 g/mol. The minimum atomic E-state index is 0.600. The van der Waals surface area contributed by atoms with Gasteiger partial charge in [0.2, 0.25) is 0 Å². The number of hydrogen-bond donors (Lipinski definition) is 0. The Kier molecular flexibility index (Phi) is 1.99. The molecule has 0 nitrogen and oxygen atoms in total. The minimum Gasteiger partial charge on any atom is -0.0804 e. The highest BCUT2D eigenvalue weighted by molar-refractivity contribution is 5.39. The van der Waals surface area contributed by atoms with E-state index in [1.165, 1.54) is 11.1 Å². The molecule has 62 valence electrons. The first kappa shape index (κ1) is 7.60. The van der Waals surface area contributed by atoms with E-state index in [0.29, 0.717) is 5.92 Å². The summed E-state index contributed by atoms with van der Waals surface area (Å²) in [6, 6.07) is 0. The van der Waals surface area contributed by atoms with Crippen LogP contribution in [-0.4, -0.2) is 0 Å². The van der Waals surface area contributed by atoms with Crippen LogP contribution in [0.25, 0.3) is 0 Å². The van der Waals surface area contributed by atoms with Crippen molar-refractivity contribution in [3.8, 4) is 0 Å². The zero-order valence-corrected chi connectivity index (χ0v) is 7.46. The molecule has 0 radical (unpaired) electrons. The highest BCUT2D eigenvalue weighted by Crippen LogP contribution is 2.28. The molecular formula is C12H14. The largest absolute Gasteiger partial charge is 0.0804 e. The average Bonchev–Trinajstić information content (AvgIpc) is 2.77. The van der Waals surface area contributed by atoms with Gasteiger partial charge in [0.1, 0.15) is 0 Å². The summed E-state index contributed by atoms with van der Waals surface area (Å²) in [6.45, 7) is 2.28. The molecule has 0 amide bonds. The van der Waals surface area contributed by atoms with E-state index in [-0.39, 0.29) is 0 Å². The van der Waals surface area contributed by atoms with Gasteiger partial charge in [0.05, 0.1) is 0 Å². The third kappa shape index (κ3) is 1.29. The summed E-state index contributed by atoms with van der Waals surface area (Å²) in [6.07, 6.45) is 15.8. The smallest absolute Gasteiger partial charge is 0.00546 e. The van der Waals surface area contributed by atoms with E-state index in [1.807, 2.05) is 0 Å². The topological polar surface area (TPSA) is 0 Å². The number of hydrogen-bond acceptors (Lipinski definition) is 0. The van der Waals surface area contributed by atoms with Gasteiger partial charge in [0.25, 0.3) is 0 Å². The molecule has 2 aliphatic carbocycles. The second-order valence-electron chi connectivity index (χ2n) is 3.41. The summed E-state index contributed by atoms with van der Waals surface area (Å²) < 4.78 is 0. The fourth-order valence-electron chi connectivity index (χ4n) is 1.79. The Balaban J connectivity index is 2.13. The first-order valence-electron chi connectivity index (χ1n) is 4.61. The monoisotopic (exact) mass is 158 g/mol. The molecule has 0 unspecified atom stereocenters.